The number of nitrogens with zero attached hydrogens (tertiary/aromatic N) is 5. The standard InChI is InChI=1S/C20H25N5O2/c1-15-13-24(19(27)10-12-23-11-6-5-9-18(23)26)14-17-21-22-20(25(15)17)16-7-3-2-4-8-16/h2-4,7-8,15H,5-6,9-14H2,1H3/t15-/m0/s1. The van der Waals surface area contributed by atoms with Crippen LogP contribution in [0.4, 0.5) is 0 Å². The Morgan fingerprint density at radius 1 is 1.19 bits per heavy atom. The second kappa shape index (κ2) is 7.50. The average molecular weight is 367 g/mol. The molecule has 2 aliphatic heterocycles. The van der Waals surface area contributed by atoms with Crippen molar-refractivity contribution >= 4 is 11.8 Å². The number of aromatic nitrogens is 3. The van der Waals surface area contributed by atoms with Crippen molar-refractivity contribution in [3.8, 4) is 11.4 Å². The number of fused-ring (bicyclic) bond motifs is 1. The van der Waals surface area contributed by atoms with Crippen LogP contribution in [0, 0.1) is 0 Å². The van der Waals surface area contributed by atoms with Crippen molar-refractivity contribution in [2.45, 2.75) is 45.2 Å². The van der Waals surface area contributed by atoms with Crippen LogP contribution >= 0.6 is 0 Å². The molecule has 3 heterocycles. The summed E-state index contributed by atoms with van der Waals surface area (Å²) in [6, 6.07) is 10.1. The fourth-order valence-corrected chi connectivity index (χ4v) is 3.99. The molecule has 2 aromatic rings. The molecule has 0 aliphatic carbocycles. The van der Waals surface area contributed by atoms with E-state index in [-0.39, 0.29) is 17.9 Å². The summed E-state index contributed by atoms with van der Waals surface area (Å²) in [6.45, 7) is 4.49. The first-order valence-electron chi connectivity index (χ1n) is 9.68. The number of likely N-dealkylation sites (tertiary alicyclic amines) is 1. The number of hydrogen-bond donors (Lipinski definition) is 0. The third kappa shape index (κ3) is 3.59. The fourth-order valence-electron chi connectivity index (χ4n) is 3.99. The summed E-state index contributed by atoms with van der Waals surface area (Å²) < 4.78 is 2.13. The topological polar surface area (TPSA) is 71.3 Å². The third-order valence-electron chi connectivity index (χ3n) is 5.43. The van der Waals surface area contributed by atoms with Gasteiger partial charge in [-0.3, -0.25) is 9.59 Å². The lowest BCUT2D eigenvalue weighted by Crippen LogP contribution is -2.43. The van der Waals surface area contributed by atoms with Gasteiger partial charge in [-0.25, -0.2) is 0 Å². The van der Waals surface area contributed by atoms with Crippen LogP contribution in [0.5, 0.6) is 0 Å². The van der Waals surface area contributed by atoms with Crippen molar-refractivity contribution in [3.63, 3.8) is 0 Å². The van der Waals surface area contributed by atoms with Gasteiger partial charge in [0.1, 0.15) is 0 Å². The van der Waals surface area contributed by atoms with Gasteiger partial charge in [0.2, 0.25) is 11.8 Å². The first kappa shape index (κ1) is 17.7. The van der Waals surface area contributed by atoms with E-state index in [4.69, 9.17) is 0 Å². The van der Waals surface area contributed by atoms with E-state index >= 15 is 0 Å². The fraction of sp³-hybridized carbons (Fsp3) is 0.500. The predicted molar refractivity (Wildman–Crippen MR) is 101 cm³/mol. The lowest BCUT2D eigenvalue weighted by atomic mass is 10.1. The number of rotatable bonds is 4. The highest BCUT2D eigenvalue weighted by molar-refractivity contribution is 5.79. The molecular weight excluding hydrogens is 342 g/mol. The Morgan fingerprint density at radius 3 is 2.78 bits per heavy atom. The molecule has 1 saturated heterocycles. The molecule has 142 valence electrons. The molecule has 1 aromatic heterocycles. The second-order valence-electron chi connectivity index (χ2n) is 7.39. The van der Waals surface area contributed by atoms with Crippen LogP contribution in [0.3, 0.4) is 0 Å². The van der Waals surface area contributed by atoms with E-state index in [2.05, 4.69) is 21.7 Å². The van der Waals surface area contributed by atoms with Crippen LogP contribution in [-0.2, 0) is 16.1 Å². The Morgan fingerprint density at radius 2 is 2.00 bits per heavy atom. The van der Waals surface area contributed by atoms with E-state index in [0.717, 1.165) is 36.6 Å². The minimum atomic E-state index is 0.0794. The molecule has 1 atom stereocenters. The summed E-state index contributed by atoms with van der Waals surface area (Å²) in [7, 11) is 0. The van der Waals surface area contributed by atoms with Crippen LogP contribution in [0.1, 0.15) is 44.5 Å². The molecule has 2 amide bonds. The Bertz CT molecular complexity index is 832. The van der Waals surface area contributed by atoms with Gasteiger partial charge in [-0.15, -0.1) is 10.2 Å². The molecule has 1 aromatic carbocycles. The Kier molecular flexibility index (Phi) is 4.92. The first-order chi connectivity index (χ1) is 13.1. The van der Waals surface area contributed by atoms with Crippen LogP contribution in [0.2, 0.25) is 0 Å². The van der Waals surface area contributed by atoms with Gasteiger partial charge in [-0.1, -0.05) is 30.3 Å². The molecule has 1 fully saturated rings. The summed E-state index contributed by atoms with van der Waals surface area (Å²) >= 11 is 0. The van der Waals surface area contributed by atoms with Crippen LogP contribution in [0.25, 0.3) is 11.4 Å². The van der Waals surface area contributed by atoms with Crippen molar-refractivity contribution in [3.05, 3.63) is 36.2 Å². The zero-order chi connectivity index (χ0) is 18.8. The number of benzene rings is 1. The van der Waals surface area contributed by atoms with Gasteiger partial charge < -0.3 is 14.4 Å². The number of carbonyl (C=O) groups is 2. The average Bonchev–Trinajstić information content (AvgIpc) is 3.12. The summed E-state index contributed by atoms with van der Waals surface area (Å²) in [4.78, 5) is 28.3. The van der Waals surface area contributed by atoms with Crippen molar-refractivity contribution in [2.75, 3.05) is 19.6 Å². The molecule has 4 rings (SSSR count). The van der Waals surface area contributed by atoms with Crippen molar-refractivity contribution in [1.29, 1.82) is 0 Å². The molecule has 0 N–H and O–H groups in total. The normalized spacial score (nSPS) is 19.9. The van der Waals surface area contributed by atoms with E-state index in [1.54, 1.807) is 0 Å². The maximum absolute atomic E-state index is 12.7. The van der Waals surface area contributed by atoms with Gasteiger partial charge in [0.25, 0.3) is 0 Å². The van der Waals surface area contributed by atoms with Crippen LogP contribution in [-0.4, -0.2) is 56.0 Å². The molecule has 0 unspecified atom stereocenters. The Hall–Kier alpha value is -2.70. The zero-order valence-electron chi connectivity index (χ0n) is 15.7. The largest absolute Gasteiger partial charge is 0.342 e. The van der Waals surface area contributed by atoms with Gasteiger partial charge in [0, 0.05) is 38.0 Å². The van der Waals surface area contributed by atoms with Crippen LogP contribution in [0.15, 0.2) is 30.3 Å². The highest BCUT2D eigenvalue weighted by Gasteiger charge is 2.30. The molecule has 7 heteroatoms. The smallest absolute Gasteiger partial charge is 0.224 e. The van der Waals surface area contributed by atoms with Crippen LogP contribution < -0.4 is 0 Å². The Labute approximate surface area is 159 Å². The van der Waals surface area contributed by atoms with E-state index in [1.165, 1.54) is 0 Å². The molecule has 27 heavy (non-hydrogen) atoms. The minimum Gasteiger partial charge on any atom is -0.342 e. The minimum absolute atomic E-state index is 0.0794. The summed E-state index contributed by atoms with van der Waals surface area (Å²) in [5.41, 5.74) is 1.03. The number of piperidine rings is 1. The van der Waals surface area contributed by atoms with Gasteiger partial charge in [0.15, 0.2) is 11.6 Å². The zero-order valence-corrected chi connectivity index (χ0v) is 15.7. The molecule has 0 saturated carbocycles. The summed E-state index contributed by atoms with van der Waals surface area (Å²) in [5, 5.41) is 8.70. The maximum atomic E-state index is 12.7. The molecule has 0 spiro atoms. The quantitative estimate of drug-likeness (QED) is 0.831. The third-order valence-corrected chi connectivity index (χ3v) is 5.43. The summed E-state index contributed by atoms with van der Waals surface area (Å²) in [5.74, 6) is 1.92. The SMILES string of the molecule is C[C@H]1CN(C(=O)CCN2CCCCC2=O)Cc2nnc(-c3ccccc3)n21. The van der Waals surface area contributed by atoms with Gasteiger partial charge in [-0.2, -0.15) is 0 Å². The Balaban J connectivity index is 1.43. The lowest BCUT2D eigenvalue weighted by Gasteiger charge is -2.33. The monoisotopic (exact) mass is 367 g/mol. The number of amides is 2. The molecule has 7 nitrogen and oxygen atoms in total. The predicted octanol–water partition coefficient (Wildman–Crippen LogP) is 2.25. The lowest BCUT2D eigenvalue weighted by molar-refractivity contribution is -0.136. The molecular formula is C20H25N5O2. The van der Waals surface area contributed by atoms with Crippen molar-refractivity contribution < 1.29 is 9.59 Å². The number of hydrogen-bond acceptors (Lipinski definition) is 4. The van der Waals surface area contributed by atoms with E-state index < -0.39 is 0 Å². The van der Waals surface area contributed by atoms with E-state index in [9.17, 15) is 9.59 Å². The summed E-state index contributed by atoms with van der Waals surface area (Å²) in [6.07, 6.45) is 2.98. The highest BCUT2D eigenvalue weighted by atomic mass is 16.2. The van der Waals surface area contributed by atoms with Gasteiger partial charge in [0.05, 0.1) is 12.6 Å². The highest BCUT2D eigenvalue weighted by Crippen LogP contribution is 2.27. The molecule has 2 aliphatic rings. The van der Waals surface area contributed by atoms with E-state index in [0.29, 0.717) is 32.5 Å². The molecule has 0 bridgehead atoms. The molecule has 0 radical (unpaired) electrons. The van der Waals surface area contributed by atoms with Gasteiger partial charge in [-0.05, 0) is 19.8 Å². The maximum Gasteiger partial charge on any atom is 0.224 e. The van der Waals surface area contributed by atoms with Crippen molar-refractivity contribution in [2.24, 2.45) is 0 Å². The number of carbonyl (C=O) groups excluding carboxylic acids is 2. The van der Waals surface area contributed by atoms with E-state index in [1.807, 2.05) is 40.1 Å². The van der Waals surface area contributed by atoms with Gasteiger partial charge >= 0.3 is 0 Å². The first-order valence-corrected chi connectivity index (χ1v) is 9.68. The van der Waals surface area contributed by atoms with Crippen molar-refractivity contribution in [1.82, 2.24) is 24.6 Å². The second-order valence-corrected chi connectivity index (χ2v) is 7.39.